The van der Waals surface area contributed by atoms with Gasteiger partial charge >= 0.3 is 0 Å². The number of hydrogen-bond donors (Lipinski definition) is 0. The van der Waals surface area contributed by atoms with Crippen LogP contribution in [0.25, 0.3) is 0 Å². The predicted molar refractivity (Wildman–Crippen MR) is 155 cm³/mol. The third kappa shape index (κ3) is 5.14. The molecular weight excluding hydrogens is 482 g/mol. The van der Waals surface area contributed by atoms with Gasteiger partial charge < -0.3 is 9.80 Å². The smallest absolute Gasteiger partial charge is 0.234 e. The van der Waals surface area contributed by atoms with Crippen molar-refractivity contribution in [1.82, 2.24) is 4.90 Å². The van der Waals surface area contributed by atoms with Crippen LogP contribution in [0.2, 0.25) is 0 Å². The average Bonchev–Trinajstić information content (AvgIpc) is 3.28. The van der Waals surface area contributed by atoms with Gasteiger partial charge in [0.05, 0.1) is 17.4 Å². The number of fused-ring (bicyclic) bond motifs is 1. The van der Waals surface area contributed by atoms with Gasteiger partial charge in [-0.05, 0) is 55.0 Å². The molecule has 1 fully saturated rings. The van der Waals surface area contributed by atoms with Crippen molar-refractivity contribution < 1.29 is 9.59 Å². The number of likely N-dealkylation sites (tertiary alicyclic amines) is 1. The molecule has 0 aromatic heterocycles. The number of hydrogen-bond acceptors (Lipinski definition) is 4. The minimum absolute atomic E-state index is 0.144. The Bertz CT molecular complexity index is 1280. The van der Waals surface area contributed by atoms with E-state index in [1.54, 1.807) is 0 Å². The molecule has 5 rings (SSSR count). The van der Waals surface area contributed by atoms with Gasteiger partial charge in [0.15, 0.2) is 0 Å². The second kappa shape index (κ2) is 12.0. The van der Waals surface area contributed by atoms with Gasteiger partial charge in [-0.2, -0.15) is 5.26 Å². The number of amides is 1. The van der Waals surface area contributed by atoms with E-state index in [2.05, 4.69) is 41.3 Å². The maximum Gasteiger partial charge on any atom is 0.234 e. The normalized spacial score (nSPS) is 18.1. The molecule has 1 atom stereocenters. The summed E-state index contributed by atoms with van der Waals surface area (Å²) >= 11 is 0. The van der Waals surface area contributed by atoms with E-state index in [0.717, 1.165) is 61.3 Å². The zero-order chi connectivity index (χ0) is 27.2. The van der Waals surface area contributed by atoms with Crippen molar-refractivity contribution in [1.29, 1.82) is 5.26 Å². The van der Waals surface area contributed by atoms with Gasteiger partial charge in [-0.15, -0.1) is 0 Å². The summed E-state index contributed by atoms with van der Waals surface area (Å²) in [4.78, 5) is 31.7. The van der Waals surface area contributed by atoms with E-state index in [4.69, 9.17) is 5.26 Å². The van der Waals surface area contributed by atoms with Gasteiger partial charge in [-0.25, -0.2) is 0 Å². The molecule has 2 aliphatic rings. The van der Waals surface area contributed by atoms with Crippen molar-refractivity contribution in [2.24, 2.45) is 0 Å². The van der Waals surface area contributed by atoms with Gasteiger partial charge in [0.1, 0.15) is 5.78 Å². The Morgan fingerprint density at radius 1 is 0.923 bits per heavy atom. The van der Waals surface area contributed by atoms with E-state index in [1.165, 1.54) is 0 Å². The Balaban J connectivity index is 1.32. The lowest BCUT2D eigenvalue weighted by atomic mass is 9.68. The lowest BCUT2D eigenvalue weighted by Gasteiger charge is -2.40. The van der Waals surface area contributed by atoms with Crippen molar-refractivity contribution in [2.75, 3.05) is 24.5 Å². The summed E-state index contributed by atoms with van der Waals surface area (Å²) in [6.07, 6.45) is 3.97. The maximum absolute atomic E-state index is 13.7. The topological polar surface area (TPSA) is 64.4 Å². The van der Waals surface area contributed by atoms with Crippen molar-refractivity contribution in [3.8, 4) is 6.07 Å². The molecule has 0 bridgehead atoms. The molecule has 5 heteroatoms. The summed E-state index contributed by atoms with van der Waals surface area (Å²) in [5.41, 5.74) is 3.52. The highest BCUT2D eigenvalue weighted by molar-refractivity contribution is 6.05. The largest absolute Gasteiger partial charge is 0.308 e. The van der Waals surface area contributed by atoms with Crippen LogP contribution in [0.4, 0.5) is 5.69 Å². The summed E-state index contributed by atoms with van der Waals surface area (Å²) in [7, 11) is 0. The lowest BCUT2D eigenvalue weighted by Crippen LogP contribution is -2.48. The van der Waals surface area contributed by atoms with E-state index >= 15 is 0 Å². The van der Waals surface area contributed by atoms with Gasteiger partial charge in [-0.1, -0.05) is 85.8 Å². The fourth-order valence-corrected chi connectivity index (χ4v) is 6.68. The monoisotopic (exact) mass is 519 g/mol. The highest BCUT2D eigenvalue weighted by Crippen LogP contribution is 2.43. The minimum atomic E-state index is -0.675. The molecule has 200 valence electrons. The molecule has 5 nitrogen and oxygen atoms in total. The minimum Gasteiger partial charge on any atom is -0.308 e. The fraction of sp³-hybridized carbons (Fsp3) is 0.382. The third-order valence-electron chi connectivity index (χ3n) is 8.71. The Morgan fingerprint density at radius 3 is 2.10 bits per heavy atom. The van der Waals surface area contributed by atoms with Crippen molar-refractivity contribution in [3.63, 3.8) is 0 Å². The molecule has 3 aromatic rings. The number of para-hydroxylation sites is 1. The number of Topliss-reactive ketones (excluding diaryl/α,β-unsaturated/α-hetero) is 1. The first kappa shape index (κ1) is 26.8. The Hall–Kier alpha value is -3.75. The molecule has 0 unspecified atom stereocenters. The van der Waals surface area contributed by atoms with Crippen molar-refractivity contribution >= 4 is 17.4 Å². The first-order valence-corrected chi connectivity index (χ1v) is 14.3. The molecular formula is C34H37N3O2. The summed E-state index contributed by atoms with van der Waals surface area (Å²) in [6.45, 7) is 4.56. The molecule has 0 N–H and O–H groups in total. The number of ketones is 1. The number of nitrogens with zero attached hydrogens (tertiary/aromatic N) is 3. The van der Waals surface area contributed by atoms with E-state index in [1.807, 2.05) is 66.4 Å². The molecule has 3 aromatic carbocycles. The highest BCUT2D eigenvalue weighted by atomic mass is 16.2. The standard InChI is InChI=1S/C34H37N3O2/c1-2-32(38)34(26-12-5-3-6-13-26,27-14-7-4-8-15-27)21-25-36-23-19-28(20-24-36)37-31-18-10-9-16-29(31)30(33(37)39)17-11-22-35/h3-10,12-16,18,28,30H,2,11,17,19-21,23-25H2,1H3/t30-/m0/s1. The Morgan fingerprint density at radius 2 is 1.51 bits per heavy atom. The number of anilines is 1. The zero-order valence-electron chi connectivity index (χ0n) is 22.8. The SMILES string of the molecule is CCC(=O)C(CCN1CCC(N2C(=O)[C@@H](CCC#N)c3ccccc32)CC1)(c1ccccc1)c1ccccc1. The lowest BCUT2D eigenvalue weighted by molar-refractivity contribution is -0.123. The van der Waals surface area contributed by atoms with E-state index in [0.29, 0.717) is 19.3 Å². The number of carbonyl (C=O) groups is 2. The first-order chi connectivity index (χ1) is 19.1. The van der Waals surface area contributed by atoms with Crippen molar-refractivity contribution in [3.05, 3.63) is 102 Å². The second-order valence-electron chi connectivity index (χ2n) is 10.8. The molecule has 2 heterocycles. The number of carbonyl (C=O) groups excluding carboxylic acids is 2. The molecule has 2 aliphatic heterocycles. The Labute approximate surface area is 232 Å². The van der Waals surface area contributed by atoms with E-state index < -0.39 is 5.41 Å². The summed E-state index contributed by atoms with van der Waals surface area (Å²) in [5, 5.41) is 9.11. The fourth-order valence-electron chi connectivity index (χ4n) is 6.68. The van der Waals surface area contributed by atoms with E-state index in [9.17, 15) is 9.59 Å². The van der Waals surface area contributed by atoms with Crippen LogP contribution in [0.15, 0.2) is 84.9 Å². The molecule has 39 heavy (non-hydrogen) atoms. The van der Waals surface area contributed by atoms with Gasteiger partial charge in [0, 0.05) is 37.7 Å². The summed E-state index contributed by atoms with van der Waals surface area (Å²) in [5.74, 6) is 0.180. The third-order valence-corrected chi connectivity index (χ3v) is 8.71. The van der Waals surface area contributed by atoms with Crippen LogP contribution in [0.1, 0.15) is 68.1 Å². The summed E-state index contributed by atoms with van der Waals surface area (Å²) in [6, 6.07) is 30.9. The number of benzene rings is 3. The molecule has 0 spiro atoms. The molecule has 0 saturated carbocycles. The van der Waals surface area contributed by atoms with E-state index in [-0.39, 0.29) is 23.7 Å². The van der Waals surface area contributed by atoms with Gasteiger partial charge in [0.2, 0.25) is 5.91 Å². The van der Waals surface area contributed by atoms with Crippen LogP contribution >= 0.6 is 0 Å². The van der Waals surface area contributed by atoms with Crippen LogP contribution in [0.5, 0.6) is 0 Å². The second-order valence-corrected chi connectivity index (χ2v) is 10.8. The number of rotatable bonds is 10. The molecule has 1 amide bonds. The molecule has 0 aliphatic carbocycles. The Kier molecular flexibility index (Phi) is 8.24. The van der Waals surface area contributed by atoms with Crippen LogP contribution in [-0.2, 0) is 15.0 Å². The summed E-state index contributed by atoms with van der Waals surface area (Å²) < 4.78 is 0. The maximum atomic E-state index is 13.7. The quantitative estimate of drug-likeness (QED) is 0.318. The predicted octanol–water partition coefficient (Wildman–Crippen LogP) is 6.24. The first-order valence-electron chi connectivity index (χ1n) is 14.3. The van der Waals surface area contributed by atoms with Crippen molar-refractivity contribution in [2.45, 2.75) is 62.8 Å². The van der Waals surface area contributed by atoms with Gasteiger partial charge in [0.25, 0.3) is 0 Å². The zero-order valence-corrected chi connectivity index (χ0v) is 22.8. The highest BCUT2D eigenvalue weighted by Gasteiger charge is 2.43. The average molecular weight is 520 g/mol. The van der Waals surface area contributed by atoms with Crippen LogP contribution in [-0.4, -0.2) is 42.3 Å². The molecule has 0 radical (unpaired) electrons. The number of nitriles is 1. The van der Waals surface area contributed by atoms with Crippen LogP contribution in [0, 0.1) is 11.3 Å². The molecule has 1 saturated heterocycles. The van der Waals surface area contributed by atoms with Gasteiger partial charge in [-0.3, -0.25) is 9.59 Å². The van der Waals surface area contributed by atoms with Crippen LogP contribution in [0.3, 0.4) is 0 Å². The number of piperidine rings is 1. The van der Waals surface area contributed by atoms with Crippen LogP contribution < -0.4 is 4.90 Å².